The Morgan fingerprint density at radius 3 is 1.22 bits per heavy atom. The van der Waals surface area contributed by atoms with Gasteiger partial charge in [-0.15, -0.1) is 23.5 Å². The SMILES string of the molecule is CCCCCCOc1ccc(C(=O)Oc2c3c(c(OC(=O)c4ccc(OCCCCCC)cc4)c4ccccc24)SC(=C2SC(SCCCCCC)=C(SCCCCCC)S2)S3)cc1. The van der Waals surface area contributed by atoms with Crippen LogP contribution in [0.3, 0.4) is 0 Å². The summed E-state index contributed by atoms with van der Waals surface area (Å²) in [7, 11) is 0. The summed E-state index contributed by atoms with van der Waals surface area (Å²) in [5.74, 6) is 3.70. The zero-order valence-corrected chi connectivity index (χ0v) is 42.9. The Kier molecular flexibility index (Phi) is 22.0. The maximum Gasteiger partial charge on any atom is 0.343 e. The van der Waals surface area contributed by atoms with E-state index < -0.39 is 11.9 Å². The quantitative estimate of drug-likeness (QED) is 0.0309. The molecule has 6 nitrogen and oxygen atoms in total. The van der Waals surface area contributed by atoms with Gasteiger partial charge < -0.3 is 18.9 Å². The largest absolute Gasteiger partial charge is 0.494 e. The molecule has 2 aliphatic heterocycles. The minimum absolute atomic E-state index is 0.432. The first-order valence-corrected chi connectivity index (χ1v) is 28.6. The number of carbonyl (C=O) groups excluding carboxylic acids is 2. The molecule has 0 amide bonds. The van der Waals surface area contributed by atoms with Crippen molar-refractivity contribution in [1.82, 2.24) is 0 Å². The van der Waals surface area contributed by atoms with Crippen LogP contribution < -0.4 is 18.9 Å². The molecule has 0 saturated carbocycles. The van der Waals surface area contributed by atoms with Crippen LogP contribution in [-0.4, -0.2) is 36.7 Å². The van der Waals surface area contributed by atoms with Gasteiger partial charge in [-0.1, -0.05) is 176 Å². The molecule has 0 N–H and O–H groups in total. The predicted octanol–water partition coefficient (Wildman–Crippen LogP) is 17.8. The summed E-state index contributed by atoms with van der Waals surface area (Å²) in [6.07, 6.45) is 19.0. The summed E-state index contributed by atoms with van der Waals surface area (Å²) in [5, 5.41) is 1.40. The molecule has 0 atom stereocenters. The summed E-state index contributed by atoms with van der Waals surface area (Å²) in [5.41, 5.74) is 0.864. The van der Waals surface area contributed by atoms with Crippen LogP contribution in [0.25, 0.3) is 10.8 Å². The first-order chi connectivity index (χ1) is 31.4. The fourth-order valence-electron chi connectivity index (χ4n) is 7.04. The monoisotopic (exact) mass is 976 g/mol. The summed E-state index contributed by atoms with van der Waals surface area (Å²) in [6, 6.07) is 22.1. The molecule has 4 aromatic carbocycles. The molecule has 64 heavy (non-hydrogen) atoms. The van der Waals surface area contributed by atoms with E-state index in [1.807, 2.05) is 95.6 Å². The summed E-state index contributed by atoms with van der Waals surface area (Å²) < 4.78 is 29.9. The van der Waals surface area contributed by atoms with Crippen LogP contribution >= 0.6 is 70.6 Å². The molecule has 0 spiro atoms. The normalized spacial score (nSPS) is 13.5. The lowest BCUT2D eigenvalue weighted by Gasteiger charge is -2.16. The highest BCUT2D eigenvalue weighted by Gasteiger charge is 2.36. The maximum atomic E-state index is 14.0. The van der Waals surface area contributed by atoms with Crippen molar-refractivity contribution in [1.29, 1.82) is 0 Å². The highest BCUT2D eigenvalue weighted by molar-refractivity contribution is 8.42. The molecule has 2 aliphatic rings. The van der Waals surface area contributed by atoms with Crippen LogP contribution in [0.4, 0.5) is 0 Å². The van der Waals surface area contributed by atoms with Gasteiger partial charge in [-0.2, -0.15) is 0 Å². The molecule has 6 rings (SSSR count). The number of thioether (sulfide) groups is 6. The fourth-order valence-corrected chi connectivity index (χ4v) is 16.0. The van der Waals surface area contributed by atoms with E-state index in [9.17, 15) is 9.59 Å². The van der Waals surface area contributed by atoms with Gasteiger partial charge in [0.25, 0.3) is 0 Å². The standard InChI is InChI=1S/C52H64O6S6/c1-5-9-13-19-33-55-39-29-25-37(26-30-39)47(53)57-43-41-23-17-18-24-42(41)44(58-48(54)38-27-31-40(32-28-38)56-34-20-14-10-6-2)46-45(43)61-51(62-46)52-63-49(59-35-21-15-11-7-3)50(64-52)60-36-22-16-12-8-4/h17-18,23-32H,5-16,19-22,33-36H2,1-4H3. The first-order valence-electron chi connectivity index (χ1n) is 23.4. The number of hydrogen-bond acceptors (Lipinski definition) is 12. The predicted molar refractivity (Wildman–Crippen MR) is 280 cm³/mol. The Morgan fingerprint density at radius 1 is 0.453 bits per heavy atom. The molecule has 4 aromatic rings. The van der Waals surface area contributed by atoms with Gasteiger partial charge in [0.05, 0.1) is 51.1 Å². The Labute approximate surface area is 407 Å². The second-order valence-electron chi connectivity index (χ2n) is 15.9. The van der Waals surface area contributed by atoms with Crippen LogP contribution in [0.15, 0.2) is 99.5 Å². The molecule has 2 heterocycles. The van der Waals surface area contributed by atoms with Gasteiger partial charge in [0, 0.05) is 10.8 Å². The highest BCUT2D eigenvalue weighted by Crippen LogP contribution is 2.67. The molecular weight excluding hydrogens is 913 g/mol. The third-order valence-electron chi connectivity index (χ3n) is 10.7. The average molecular weight is 977 g/mol. The van der Waals surface area contributed by atoms with Crippen LogP contribution in [0.1, 0.15) is 151 Å². The van der Waals surface area contributed by atoms with Gasteiger partial charge in [-0.05, 0) is 85.7 Å². The lowest BCUT2D eigenvalue weighted by Crippen LogP contribution is -2.12. The van der Waals surface area contributed by atoms with Crippen LogP contribution in [-0.2, 0) is 0 Å². The number of benzene rings is 4. The zero-order valence-electron chi connectivity index (χ0n) is 38.0. The van der Waals surface area contributed by atoms with Gasteiger partial charge in [0.2, 0.25) is 0 Å². The third kappa shape index (κ3) is 14.9. The van der Waals surface area contributed by atoms with Crippen molar-refractivity contribution in [2.45, 2.75) is 140 Å². The van der Waals surface area contributed by atoms with E-state index >= 15 is 0 Å². The van der Waals surface area contributed by atoms with Crippen molar-refractivity contribution in [3.63, 3.8) is 0 Å². The fraction of sp³-hybridized carbons (Fsp3) is 0.462. The summed E-state index contributed by atoms with van der Waals surface area (Å²) in [4.78, 5) is 29.6. The summed E-state index contributed by atoms with van der Waals surface area (Å²) in [6.45, 7) is 10.2. The number of hydrogen-bond donors (Lipinski definition) is 0. The number of rotatable bonds is 28. The van der Waals surface area contributed by atoms with Gasteiger partial charge >= 0.3 is 11.9 Å². The van der Waals surface area contributed by atoms with E-state index in [1.165, 1.54) is 89.8 Å². The van der Waals surface area contributed by atoms with E-state index in [4.69, 9.17) is 18.9 Å². The highest BCUT2D eigenvalue weighted by atomic mass is 32.3. The number of esters is 2. The van der Waals surface area contributed by atoms with Gasteiger partial charge in [-0.3, -0.25) is 0 Å². The smallest absolute Gasteiger partial charge is 0.343 e. The molecule has 0 unspecified atom stereocenters. The second kappa shape index (κ2) is 27.8. The minimum Gasteiger partial charge on any atom is -0.494 e. The van der Waals surface area contributed by atoms with Crippen LogP contribution in [0.5, 0.6) is 23.0 Å². The lowest BCUT2D eigenvalue weighted by molar-refractivity contribution is 0.0715. The van der Waals surface area contributed by atoms with Gasteiger partial charge in [-0.25, -0.2) is 9.59 Å². The van der Waals surface area contributed by atoms with Crippen molar-refractivity contribution in [3.8, 4) is 23.0 Å². The molecule has 0 aliphatic carbocycles. The molecule has 0 saturated heterocycles. The molecular formula is C52H64O6S6. The van der Waals surface area contributed by atoms with Crippen molar-refractivity contribution in [2.24, 2.45) is 0 Å². The second-order valence-corrected chi connectivity index (χ2v) is 23.2. The number of carbonyl (C=O) groups is 2. The van der Waals surface area contributed by atoms with Crippen molar-refractivity contribution in [3.05, 3.63) is 101 Å². The number of unbranched alkanes of at least 4 members (excludes halogenated alkanes) is 12. The average Bonchev–Trinajstić information content (AvgIpc) is 3.95. The van der Waals surface area contributed by atoms with Crippen molar-refractivity contribution < 1.29 is 28.5 Å². The van der Waals surface area contributed by atoms with E-state index in [-0.39, 0.29) is 0 Å². The van der Waals surface area contributed by atoms with Crippen molar-refractivity contribution in [2.75, 3.05) is 24.7 Å². The van der Waals surface area contributed by atoms with E-state index in [1.54, 1.807) is 47.8 Å². The maximum absolute atomic E-state index is 14.0. The lowest BCUT2D eigenvalue weighted by atomic mass is 10.1. The van der Waals surface area contributed by atoms with Crippen molar-refractivity contribution >= 4 is 93.3 Å². The van der Waals surface area contributed by atoms with E-state index in [0.717, 1.165) is 62.7 Å². The third-order valence-corrected chi connectivity index (χ3v) is 19.5. The van der Waals surface area contributed by atoms with E-state index in [2.05, 4.69) is 27.7 Å². The molecule has 344 valence electrons. The zero-order chi connectivity index (χ0) is 44.9. The number of fused-ring (bicyclic) bond motifs is 2. The summed E-state index contributed by atoms with van der Waals surface area (Å²) >= 11 is 10.9. The Balaban J connectivity index is 1.29. The molecule has 0 fully saturated rings. The van der Waals surface area contributed by atoms with Gasteiger partial charge in [0.1, 0.15) is 11.5 Å². The first kappa shape index (κ1) is 50.7. The van der Waals surface area contributed by atoms with Crippen LogP contribution in [0.2, 0.25) is 0 Å². The minimum atomic E-state index is -0.458. The van der Waals surface area contributed by atoms with E-state index in [0.29, 0.717) is 46.6 Å². The Morgan fingerprint density at radius 2 is 0.828 bits per heavy atom. The van der Waals surface area contributed by atoms with Crippen LogP contribution in [0, 0.1) is 0 Å². The Bertz CT molecular complexity index is 2040. The molecule has 12 heteroatoms. The molecule has 0 radical (unpaired) electrons. The van der Waals surface area contributed by atoms with Gasteiger partial charge in [0.15, 0.2) is 11.5 Å². The molecule has 0 aromatic heterocycles. The molecule has 0 bridgehead atoms. The Hall–Kier alpha value is -2.74. The topological polar surface area (TPSA) is 71.1 Å². The number of ether oxygens (including phenoxy) is 4.